The minimum absolute atomic E-state index is 0.0692. The van der Waals surface area contributed by atoms with E-state index < -0.39 is 0 Å². The van der Waals surface area contributed by atoms with E-state index in [9.17, 15) is 4.79 Å². The average molecular weight is 212 g/mol. The number of aromatic amines is 1. The molecule has 84 valence electrons. The van der Waals surface area contributed by atoms with Crippen LogP contribution in [0.1, 0.15) is 32.0 Å². The Kier molecular flexibility index (Phi) is 4.69. The Labute approximate surface area is 87.8 Å². The van der Waals surface area contributed by atoms with Gasteiger partial charge in [0, 0.05) is 12.5 Å². The summed E-state index contributed by atoms with van der Waals surface area (Å²) in [6, 6.07) is -0.0692. The van der Waals surface area contributed by atoms with Crippen LogP contribution in [0.2, 0.25) is 0 Å². The first kappa shape index (κ1) is 11.6. The lowest BCUT2D eigenvalue weighted by atomic mass is 10.1. The molecule has 0 spiro atoms. The van der Waals surface area contributed by atoms with E-state index >= 15 is 0 Å². The fraction of sp³-hybridized carbons (Fsp3) is 0.750. The number of aromatic nitrogens is 4. The number of nitrogens with two attached hydrogens (primary N) is 1. The van der Waals surface area contributed by atoms with Gasteiger partial charge in [0.1, 0.15) is 0 Å². The number of carbonyl (C=O) groups is 1. The third-order valence-electron chi connectivity index (χ3n) is 1.94. The van der Waals surface area contributed by atoms with Crippen molar-refractivity contribution in [3.8, 4) is 0 Å². The average Bonchev–Trinajstić information content (AvgIpc) is 2.67. The molecule has 1 amide bonds. The summed E-state index contributed by atoms with van der Waals surface area (Å²) in [5, 5.41) is 15.8. The number of H-pyrrole nitrogens is 1. The zero-order chi connectivity index (χ0) is 11.1. The third-order valence-corrected chi connectivity index (χ3v) is 1.94. The number of tetrazole rings is 1. The molecule has 1 atom stereocenters. The summed E-state index contributed by atoms with van der Waals surface area (Å²) < 4.78 is 0. The molecule has 0 aliphatic carbocycles. The lowest BCUT2D eigenvalue weighted by Crippen LogP contribution is -2.31. The van der Waals surface area contributed by atoms with Crippen molar-refractivity contribution >= 4 is 5.91 Å². The molecule has 1 aromatic rings. The van der Waals surface area contributed by atoms with E-state index in [1.54, 1.807) is 0 Å². The van der Waals surface area contributed by atoms with E-state index in [1.807, 2.05) is 6.92 Å². The van der Waals surface area contributed by atoms with Gasteiger partial charge in [-0.05, 0) is 6.42 Å². The van der Waals surface area contributed by atoms with Crippen LogP contribution in [0.15, 0.2) is 0 Å². The van der Waals surface area contributed by atoms with Crippen LogP contribution in [0.5, 0.6) is 0 Å². The van der Waals surface area contributed by atoms with Gasteiger partial charge in [0.25, 0.3) is 0 Å². The van der Waals surface area contributed by atoms with Gasteiger partial charge in [0.15, 0.2) is 5.82 Å². The first-order valence-corrected chi connectivity index (χ1v) is 4.97. The van der Waals surface area contributed by atoms with Gasteiger partial charge in [0.2, 0.25) is 5.91 Å². The fourth-order valence-electron chi connectivity index (χ4n) is 1.22. The van der Waals surface area contributed by atoms with Gasteiger partial charge in [-0.3, -0.25) is 4.79 Å². The van der Waals surface area contributed by atoms with Crippen LogP contribution in [0.3, 0.4) is 0 Å². The Morgan fingerprint density at radius 3 is 3.07 bits per heavy atom. The summed E-state index contributed by atoms with van der Waals surface area (Å²) in [6.45, 7) is 2.32. The lowest BCUT2D eigenvalue weighted by Gasteiger charge is -2.09. The molecule has 0 saturated heterocycles. The van der Waals surface area contributed by atoms with Crippen molar-refractivity contribution in [3.63, 3.8) is 0 Å². The zero-order valence-corrected chi connectivity index (χ0v) is 8.73. The van der Waals surface area contributed by atoms with Crippen molar-refractivity contribution in [2.24, 2.45) is 5.73 Å². The molecule has 1 aromatic heterocycles. The minimum atomic E-state index is -0.0826. The molecule has 1 heterocycles. The highest BCUT2D eigenvalue weighted by Crippen LogP contribution is 1.98. The summed E-state index contributed by atoms with van der Waals surface area (Å²) >= 11 is 0. The molecule has 0 aromatic carbocycles. The number of hydrogen-bond acceptors (Lipinski definition) is 5. The van der Waals surface area contributed by atoms with Crippen molar-refractivity contribution < 1.29 is 4.79 Å². The van der Waals surface area contributed by atoms with Crippen LogP contribution in [0.25, 0.3) is 0 Å². The molecular weight excluding hydrogens is 196 g/mol. The van der Waals surface area contributed by atoms with Gasteiger partial charge < -0.3 is 11.1 Å². The maximum absolute atomic E-state index is 11.3. The first-order chi connectivity index (χ1) is 7.22. The molecule has 7 heteroatoms. The highest BCUT2D eigenvalue weighted by atomic mass is 16.1. The number of rotatable bonds is 6. The van der Waals surface area contributed by atoms with Crippen molar-refractivity contribution in [1.82, 2.24) is 25.9 Å². The molecule has 0 radical (unpaired) electrons. The Bertz CT molecular complexity index is 285. The van der Waals surface area contributed by atoms with E-state index in [4.69, 9.17) is 5.73 Å². The quantitative estimate of drug-likeness (QED) is 0.579. The highest BCUT2D eigenvalue weighted by Gasteiger charge is 2.08. The molecule has 4 N–H and O–H groups in total. The van der Waals surface area contributed by atoms with Gasteiger partial charge in [0.05, 0.1) is 6.54 Å². The Morgan fingerprint density at radius 1 is 1.67 bits per heavy atom. The predicted molar refractivity (Wildman–Crippen MR) is 53.5 cm³/mol. The smallest absolute Gasteiger partial charge is 0.221 e. The van der Waals surface area contributed by atoms with Crippen LogP contribution in [-0.2, 0) is 11.3 Å². The second kappa shape index (κ2) is 6.07. The third kappa shape index (κ3) is 4.50. The fourth-order valence-corrected chi connectivity index (χ4v) is 1.22. The van der Waals surface area contributed by atoms with Crippen molar-refractivity contribution in [2.75, 3.05) is 0 Å². The van der Waals surface area contributed by atoms with Gasteiger partial charge >= 0.3 is 0 Å². The number of hydrogen-bond donors (Lipinski definition) is 3. The standard InChI is InChI=1S/C8H16N6O/c1-2-3-6(9)4-8(15)10-5-7-11-13-14-12-7/h6H,2-5,9H2,1H3,(H,10,15)(H,11,12,13,14). The van der Waals surface area contributed by atoms with Crippen LogP contribution < -0.4 is 11.1 Å². The number of amides is 1. The van der Waals surface area contributed by atoms with E-state index in [1.165, 1.54) is 0 Å². The van der Waals surface area contributed by atoms with Gasteiger partial charge in [-0.25, -0.2) is 0 Å². The maximum Gasteiger partial charge on any atom is 0.221 e. The molecular formula is C8H16N6O. The van der Waals surface area contributed by atoms with Crippen molar-refractivity contribution in [1.29, 1.82) is 0 Å². The lowest BCUT2D eigenvalue weighted by molar-refractivity contribution is -0.121. The van der Waals surface area contributed by atoms with Crippen molar-refractivity contribution in [2.45, 2.75) is 38.8 Å². The largest absolute Gasteiger partial charge is 0.349 e. The number of nitrogens with one attached hydrogen (secondary N) is 2. The molecule has 1 unspecified atom stereocenters. The Hall–Kier alpha value is -1.50. The summed E-state index contributed by atoms with van der Waals surface area (Å²) in [5.74, 6) is 0.383. The molecule has 1 rings (SSSR count). The number of carbonyl (C=O) groups excluding carboxylic acids is 1. The van der Waals surface area contributed by atoms with Crippen LogP contribution in [0.4, 0.5) is 0 Å². The first-order valence-electron chi connectivity index (χ1n) is 4.97. The van der Waals surface area contributed by atoms with E-state index in [0.29, 0.717) is 12.2 Å². The monoisotopic (exact) mass is 212 g/mol. The van der Waals surface area contributed by atoms with E-state index in [0.717, 1.165) is 12.8 Å². The molecule has 15 heavy (non-hydrogen) atoms. The van der Waals surface area contributed by atoms with Crippen molar-refractivity contribution in [3.05, 3.63) is 5.82 Å². The SMILES string of the molecule is CCCC(N)CC(=O)NCc1nn[nH]n1. The Morgan fingerprint density at radius 2 is 2.47 bits per heavy atom. The minimum Gasteiger partial charge on any atom is -0.349 e. The summed E-state index contributed by atoms with van der Waals surface area (Å²) in [7, 11) is 0. The summed E-state index contributed by atoms with van der Waals surface area (Å²) in [5.41, 5.74) is 5.72. The number of nitrogens with zero attached hydrogens (tertiary/aromatic N) is 3. The van der Waals surface area contributed by atoms with E-state index in [2.05, 4.69) is 25.9 Å². The molecule has 0 aliphatic heterocycles. The Balaban J connectivity index is 2.19. The van der Waals surface area contributed by atoms with Crippen LogP contribution in [-0.4, -0.2) is 32.6 Å². The maximum atomic E-state index is 11.3. The summed E-state index contributed by atoms with van der Waals surface area (Å²) in [4.78, 5) is 11.3. The summed E-state index contributed by atoms with van der Waals surface area (Å²) in [6.07, 6.45) is 2.18. The second-order valence-corrected chi connectivity index (χ2v) is 3.36. The molecule has 0 aliphatic rings. The molecule has 0 fully saturated rings. The van der Waals surface area contributed by atoms with Gasteiger partial charge in [-0.1, -0.05) is 18.6 Å². The van der Waals surface area contributed by atoms with Gasteiger partial charge in [-0.15, -0.1) is 10.2 Å². The van der Waals surface area contributed by atoms with Crippen LogP contribution >= 0.6 is 0 Å². The predicted octanol–water partition coefficient (Wildman–Crippen LogP) is -0.667. The van der Waals surface area contributed by atoms with E-state index in [-0.39, 0.29) is 18.5 Å². The zero-order valence-electron chi connectivity index (χ0n) is 8.73. The molecule has 7 nitrogen and oxygen atoms in total. The molecule has 0 saturated carbocycles. The normalized spacial score (nSPS) is 12.4. The van der Waals surface area contributed by atoms with Gasteiger partial charge in [-0.2, -0.15) is 5.21 Å². The highest BCUT2D eigenvalue weighted by molar-refractivity contribution is 5.76. The second-order valence-electron chi connectivity index (χ2n) is 3.36. The topological polar surface area (TPSA) is 110 Å². The molecule has 0 bridgehead atoms. The van der Waals surface area contributed by atoms with Crippen LogP contribution in [0, 0.1) is 0 Å².